The molecule has 1 saturated heterocycles. The maximum absolute atomic E-state index is 12.4. The van der Waals surface area contributed by atoms with Crippen LogP contribution in [0.2, 0.25) is 0 Å². The number of aryl methyl sites for hydroxylation is 1. The Bertz CT molecular complexity index is 608. The highest BCUT2D eigenvalue weighted by Crippen LogP contribution is 2.30. The zero-order valence-electron chi connectivity index (χ0n) is 15.8. The molecule has 1 N–H and O–H groups in total. The van der Waals surface area contributed by atoms with Crippen LogP contribution in [0.5, 0.6) is 0 Å². The summed E-state index contributed by atoms with van der Waals surface area (Å²) in [5, 5.41) is 3.07. The van der Waals surface area contributed by atoms with Crippen LogP contribution in [0.1, 0.15) is 53.2 Å². The van der Waals surface area contributed by atoms with Crippen LogP contribution in [0.4, 0.5) is 4.79 Å². The highest BCUT2D eigenvalue weighted by atomic mass is 16.6. The SMILES string of the molecule is CC(C)(C)OC(=O)N1CC[C@H](NC(=O)CCc2ccccn2)C1(C)C. The number of likely N-dealkylation sites (tertiary alicyclic amines) is 1. The van der Waals surface area contributed by atoms with Crippen molar-refractivity contribution in [2.45, 2.75) is 71.1 Å². The van der Waals surface area contributed by atoms with E-state index in [0.29, 0.717) is 19.4 Å². The Morgan fingerprint density at radius 3 is 2.68 bits per heavy atom. The number of amides is 2. The van der Waals surface area contributed by atoms with E-state index in [2.05, 4.69) is 10.3 Å². The minimum atomic E-state index is -0.531. The largest absolute Gasteiger partial charge is 0.444 e. The second-order valence-corrected chi connectivity index (χ2v) is 8.02. The van der Waals surface area contributed by atoms with E-state index in [0.717, 1.165) is 12.1 Å². The van der Waals surface area contributed by atoms with E-state index in [1.807, 2.05) is 52.8 Å². The van der Waals surface area contributed by atoms with Crippen molar-refractivity contribution < 1.29 is 14.3 Å². The van der Waals surface area contributed by atoms with Crippen molar-refractivity contribution in [3.8, 4) is 0 Å². The number of nitrogens with zero attached hydrogens (tertiary/aromatic N) is 2. The van der Waals surface area contributed by atoms with E-state index in [1.165, 1.54) is 0 Å². The summed E-state index contributed by atoms with van der Waals surface area (Å²) in [5.41, 5.74) is -0.112. The number of aromatic nitrogens is 1. The molecule has 0 unspecified atom stereocenters. The maximum Gasteiger partial charge on any atom is 0.410 e. The molecular formula is C19H29N3O3. The van der Waals surface area contributed by atoms with Crippen LogP contribution in [0, 0.1) is 0 Å². The fourth-order valence-electron chi connectivity index (χ4n) is 3.03. The molecule has 2 rings (SSSR count). The quantitative estimate of drug-likeness (QED) is 0.909. The second kappa shape index (κ2) is 7.42. The normalized spacial score (nSPS) is 19.6. The lowest BCUT2D eigenvalue weighted by Gasteiger charge is -2.37. The number of rotatable bonds is 4. The molecule has 6 heteroatoms. The average Bonchev–Trinajstić information content (AvgIpc) is 2.79. The summed E-state index contributed by atoms with van der Waals surface area (Å²) in [7, 11) is 0. The minimum Gasteiger partial charge on any atom is -0.444 e. The van der Waals surface area contributed by atoms with Crippen LogP contribution >= 0.6 is 0 Å². The third-order valence-electron chi connectivity index (χ3n) is 4.47. The van der Waals surface area contributed by atoms with E-state index in [1.54, 1.807) is 11.1 Å². The highest BCUT2D eigenvalue weighted by Gasteiger charge is 2.45. The number of nitrogens with one attached hydrogen (secondary N) is 1. The van der Waals surface area contributed by atoms with Crippen molar-refractivity contribution in [3.63, 3.8) is 0 Å². The van der Waals surface area contributed by atoms with Crippen molar-refractivity contribution in [3.05, 3.63) is 30.1 Å². The molecule has 0 radical (unpaired) electrons. The summed E-state index contributed by atoms with van der Waals surface area (Å²) in [6, 6.07) is 5.60. The molecule has 0 bridgehead atoms. The number of carbonyl (C=O) groups excluding carboxylic acids is 2. The summed E-state index contributed by atoms with van der Waals surface area (Å²) in [4.78, 5) is 30.6. The van der Waals surface area contributed by atoms with Crippen molar-refractivity contribution in [2.75, 3.05) is 6.54 Å². The minimum absolute atomic E-state index is 0.0187. The predicted molar refractivity (Wildman–Crippen MR) is 96.1 cm³/mol. The molecule has 0 aliphatic carbocycles. The Morgan fingerprint density at radius 1 is 1.36 bits per heavy atom. The molecule has 1 atom stereocenters. The molecule has 1 aromatic rings. The molecule has 1 aromatic heterocycles. The van der Waals surface area contributed by atoms with Gasteiger partial charge in [0.2, 0.25) is 5.91 Å². The summed E-state index contributed by atoms with van der Waals surface area (Å²) in [5.74, 6) is -0.0187. The van der Waals surface area contributed by atoms with Crippen LogP contribution < -0.4 is 5.32 Å². The van der Waals surface area contributed by atoms with Gasteiger partial charge in [-0.1, -0.05) is 6.07 Å². The van der Waals surface area contributed by atoms with Crippen LogP contribution in [0.25, 0.3) is 0 Å². The molecule has 2 heterocycles. The Balaban J connectivity index is 1.90. The highest BCUT2D eigenvalue weighted by molar-refractivity contribution is 5.77. The molecule has 0 aromatic carbocycles. The first kappa shape index (κ1) is 19.2. The smallest absolute Gasteiger partial charge is 0.410 e. The number of hydrogen-bond acceptors (Lipinski definition) is 4. The molecule has 1 aliphatic heterocycles. The predicted octanol–water partition coefficient (Wildman–Crippen LogP) is 2.92. The molecule has 25 heavy (non-hydrogen) atoms. The van der Waals surface area contributed by atoms with Gasteiger partial charge in [0.15, 0.2) is 0 Å². The first-order chi connectivity index (χ1) is 11.6. The van der Waals surface area contributed by atoms with Gasteiger partial charge in [0.1, 0.15) is 5.60 Å². The van der Waals surface area contributed by atoms with Gasteiger partial charge < -0.3 is 15.0 Å². The summed E-state index contributed by atoms with van der Waals surface area (Å²) in [6.07, 6.45) is 3.11. The lowest BCUT2D eigenvalue weighted by Crippen LogP contribution is -2.54. The Morgan fingerprint density at radius 2 is 2.08 bits per heavy atom. The fraction of sp³-hybridized carbons (Fsp3) is 0.632. The molecule has 138 valence electrons. The van der Waals surface area contributed by atoms with Gasteiger partial charge in [-0.2, -0.15) is 0 Å². The lowest BCUT2D eigenvalue weighted by atomic mass is 9.95. The summed E-state index contributed by atoms with van der Waals surface area (Å²) in [6.45, 7) is 10.1. The number of carbonyl (C=O) groups is 2. The van der Waals surface area contributed by atoms with E-state index in [9.17, 15) is 9.59 Å². The molecule has 0 spiro atoms. The molecule has 1 aliphatic rings. The zero-order chi connectivity index (χ0) is 18.7. The molecule has 6 nitrogen and oxygen atoms in total. The Labute approximate surface area is 150 Å². The topological polar surface area (TPSA) is 71.5 Å². The van der Waals surface area contributed by atoms with Crippen molar-refractivity contribution in [1.29, 1.82) is 0 Å². The number of hydrogen-bond donors (Lipinski definition) is 1. The van der Waals surface area contributed by atoms with E-state index in [4.69, 9.17) is 4.74 Å². The van der Waals surface area contributed by atoms with Crippen molar-refractivity contribution in [1.82, 2.24) is 15.2 Å². The standard InChI is InChI=1S/C19H29N3O3/c1-18(2,3)25-17(24)22-13-11-15(19(22,4)5)21-16(23)10-9-14-8-6-7-12-20-14/h6-8,12,15H,9-11,13H2,1-5H3,(H,21,23)/t15-/m0/s1. The Hall–Kier alpha value is -2.11. The first-order valence-corrected chi connectivity index (χ1v) is 8.79. The van der Waals surface area contributed by atoms with Gasteiger partial charge in [-0.05, 0) is 59.6 Å². The van der Waals surface area contributed by atoms with Gasteiger partial charge in [0.25, 0.3) is 0 Å². The number of ether oxygens (including phenoxy) is 1. The number of pyridine rings is 1. The molecule has 2 amide bonds. The third-order valence-corrected chi connectivity index (χ3v) is 4.47. The molecule has 1 fully saturated rings. The van der Waals surface area contributed by atoms with E-state index >= 15 is 0 Å². The van der Waals surface area contributed by atoms with Gasteiger partial charge in [-0.3, -0.25) is 9.78 Å². The van der Waals surface area contributed by atoms with Gasteiger partial charge in [-0.15, -0.1) is 0 Å². The fourth-order valence-corrected chi connectivity index (χ4v) is 3.03. The Kier molecular flexibility index (Phi) is 5.70. The van der Waals surface area contributed by atoms with Gasteiger partial charge >= 0.3 is 6.09 Å². The summed E-state index contributed by atoms with van der Waals surface area (Å²) >= 11 is 0. The van der Waals surface area contributed by atoms with Crippen molar-refractivity contribution >= 4 is 12.0 Å². The zero-order valence-corrected chi connectivity index (χ0v) is 15.8. The average molecular weight is 347 g/mol. The van der Waals surface area contributed by atoms with Crippen LogP contribution in [0.3, 0.4) is 0 Å². The van der Waals surface area contributed by atoms with Crippen LogP contribution in [-0.2, 0) is 16.0 Å². The molecular weight excluding hydrogens is 318 g/mol. The van der Waals surface area contributed by atoms with Gasteiger partial charge in [0, 0.05) is 24.9 Å². The third kappa shape index (κ3) is 5.18. The van der Waals surface area contributed by atoms with Crippen molar-refractivity contribution in [2.24, 2.45) is 0 Å². The molecule has 0 saturated carbocycles. The van der Waals surface area contributed by atoms with Crippen LogP contribution in [0.15, 0.2) is 24.4 Å². The van der Waals surface area contributed by atoms with Gasteiger partial charge in [0.05, 0.1) is 11.6 Å². The summed E-state index contributed by atoms with van der Waals surface area (Å²) < 4.78 is 5.48. The lowest BCUT2D eigenvalue weighted by molar-refractivity contribution is -0.122. The maximum atomic E-state index is 12.4. The second-order valence-electron chi connectivity index (χ2n) is 8.02. The first-order valence-electron chi connectivity index (χ1n) is 8.79. The van der Waals surface area contributed by atoms with Gasteiger partial charge in [-0.25, -0.2) is 4.79 Å². The monoisotopic (exact) mass is 347 g/mol. The van der Waals surface area contributed by atoms with E-state index in [-0.39, 0.29) is 18.0 Å². The van der Waals surface area contributed by atoms with Crippen LogP contribution in [-0.4, -0.2) is 45.6 Å². The van der Waals surface area contributed by atoms with E-state index < -0.39 is 11.1 Å².